The quantitative estimate of drug-likeness (QED) is 0.0921. The molecule has 1 fully saturated rings. The highest BCUT2D eigenvalue weighted by molar-refractivity contribution is 5.96. The summed E-state index contributed by atoms with van der Waals surface area (Å²) in [6.45, 7) is 3.24. The van der Waals surface area contributed by atoms with Crippen LogP contribution in [0.5, 0.6) is 0 Å². The van der Waals surface area contributed by atoms with Crippen LogP contribution < -0.4 is 49.5 Å². The third-order valence-corrected chi connectivity index (χ3v) is 5.73. The summed E-state index contributed by atoms with van der Waals surface area (Å²) in [5.74, 6) is -4.23. The van der Waals surface area contributed by atoms with E-state index >= 15 is 0 Å². The molecule has 0 unspecified atom stereocenters. The van der Waals surface area contributed by atoms with Gasteiger partial charge < -0.3 is 49.5 Å². The average molecular weight is 541 g/mol. The number of nitrogens with two attached hydrogens (primary N) is 4. The average Bonchev–Trinajstić information content (AvgIpc) is 2.83. The molecule has 6 amide bonds. The zero-order chi connectivity index (χ0) is 28.8. The SMILES string of the molecule is C[C@@H]1NC(=O)[C@H](CCCN=C(N)N)NC(=O)[C@H](C)NC(=O)[C@@H](N)CCCCNC(=O)C[C@@H](C(N)=O)NC1=O. The monoisotopic (exact) mass is 540 g/mol. The Morgan fingerprint density at radius 1 is 0.868 bits per heavy atom. The van der Waals surface area contributed by atoms with Crippen molar-refractivity contribution in [2.75, 3.05) is 13.1 Å². The van der Waals surface area contributed by atoms with Crippen molar-refractivity contribution in [1.82, 2.24) is 26.6 Å². The van der Waals surface area contributed by atoms with Crippen molar-refractivity contribution in [3.05, 3.63) is 0 Å². The number of carbonyl (C=O) groups excluding carboxylic acids is 6. The molecule has 214 valence electrons. The Bertz CT molecular complexity index is 907. The van der Waals surface area contributed by atoms with Crippen LogP contribution in [0.4, 0.5) is 0 Å². The maximum absolute atomic E-state index is 13.0. The second kappa shape index (κ2) is 16.0. The highest BCUT2D eigenvalue weighted by atomic mass is 16.2. The van der Waals surface area contributed by atoms with Gasteiger partial charge in [-0.2, -0.15) is 0 Å². The third kappa shape index (κ3) is 11.9. The highest BCUT2D eigenvalue weighted by Gasteiger charge is 2.29. The molecule has 16 heteroatoms. The van der Waals surface area contributed by atoms with Gasteiger partial charge in [-0.1, -0.05) is 0 Å². The minimum atomic E-state index is -1.31. The molecule has 0 aromatic heterocycles. The van der Waals surface area contributed by atoms with Gasteiger partial charge in [0.1, 0.15) is 24.2 Å². The lowest BCUT2D eigenvalue weighted by Crippen LogP contribution is -2.58. The zero-order valence-corrected chi connectivity index (χ0v) is 21.7. The molecule has 5 atom stereocenters. The Hall–Kier alpha value is -3.95. The van der Waals surface area contributed by atoms with Crippen molar-refractivity contribution in [3.8, 4) is 0 Å². The fraction of sp³-hybridized carbons (Fsp3) is 0.682. The summed E-state index contributed by atoms with van der Waals surface area (Å²) in [5.41, 5.74) is 21.9. The molecule has 0 bridgehead atoms. The van der Waals surface area contributed by atoms with Crippen LogP contribution >= 0.6 is 0 Å². The number of rotatable bonds is 5. The standard InChI is InChI=1S/C22H40N10O6/c1-11-18(35)31-14(7-5-9-28-22(25)26)21(38)30-12(2)19(36)32-15(17(24)34)10-16(33)27-8-4-3-6-13(23)20(37)29-11/h11-15H,3-10,23H2,1-2H3,(H2,24,34)(H,27,33)(H,29,37)(H,30,38)(H,31,35)(H,32,36)(H4,25,26,28)/t11-,12-,13-,14-,15-/m0/s1. The van der Waals surface area contributed by atoms with Crippen LogP contribution in [0.3, 0.4) is 0 Å². The highest BCUT2D eigenvalue weighted by Crippen LogP contribution is 2.04. The summed E-state index contributed by atoms with van der Waals surface area (Å²) in [5, 5.41) is 12.5. The van der Waals surface area contributed by atoms with E-state index in [9.17, 15) is 28.8 Å². The molecule has 0 aromatic carbocycles. The van der Waals surface area contributed by atoms with Gasteiger partial charge in [-0.15, -0.1) is 0 Å². The van der Waals surface area contributed by atoms with Gasteiger partial charge in [0, 0.05) is 13.1 Å². The number of nitrogens with zero attached hydrogens (tertiary/aromatic N) is 1. The molecule has 1 heterocycles. The fourth-order valence-corrected chi connectivity index (χ4v) is 3.46. The van der Waals surface area contributed by atoms with E-state index in [1.807, 2.05) is 0 Å². The van der Waals surface area contributed by atoms with E-state index in [-0.39, 0.29) is 25.5 Å². The lowest BCUT2D eigenvalue weighted by molar-refractivity contribution is -0.134. The summed E-state index contributed by atoms with van der Waals surface area (Å²) in [7, 11) is 0. The van der Waals surface area contributed by atoms with Crippen molar-refractivity contribution in [1.29, 1.82) is 0 Å². The van der Waals surface area contributed by atoms with Crippen LogP contribution in [0.1, 0.15) is 52.4 Å². The third-order valence-electron chi connectivity index (χ3n) is 5.73. The Balaban J connectivity index is 3.10. The molecule has 0 aliphatic carbocycles. The molecule has 13 N–H and O–H groups in total. The van der Waals surface area contributed by atoms with Gasteiger partial charge >= 0.3 is 0 Å². The molecule has 0 saturated carbocycles. The normalized spacial score (nSPS) is 27.0. The van der Waals surface area contributed by atoms with Crippen LogP contribution in [0.25, 0.3) is 0 Å². The van der Waals surface area contributed by atoms with E-state index in [1.54, 1.807) is 0 Å². The van der Waals surface area contributed by atoms with Crippen LogP contribution in [0.2, 0.25) is 0 Å². The lowest BCUT2D eigenvalue weighted by Gasteiger charge is -2.24. The topological polar surface area (TPSA) is 279 Å². The predicted molar refractivity (Wildman–Crippen MR) is 138 cm³/mol. The van der Waals surface area contributed by atoms with Gasteiger partial charge in [0.25, 0.3) is 0 Å². The first kappa shape index (κ1) is 32.1. The number of hydrogen-bond donors (Lipinski definition) is 9. The van der Waals surface area contributed by atoms with E-state index in [0.29, 0.717) is 25.7 Å². The van der Waals surface area contributed by atoms with E-state index in [2.05, 4.69) is 31.6 Å². The first-order chi connectivity index (χ1) is 17.8. The zero-order valence-electron chi connectivity index (χ0n) is 21.7. The number of nitrogens with one attached hydrogen (secondary N) is 5. The largest absolute Gasteiger partial charge is 0.370 e. The molecule has 0 aromatic rings. The van der Waals surface area contributed by atoms with Gasteiger partial charge in [-0.25, -0.2) is 0 Å². The van der Waals surface area contributed by atoms with Crippen LogP contribution in [0, 0.1) is 0 Å². The summed E-state index contributed by atoms with van der Waals surface area (Å²) < 4.78 is 0. The fourth-order valence-electron chi connectivity index (χ4n) is 3.46. The molecule has 1 rings (SSSR count). The van der Waals surface area contributed by atoms with E-state index in [4.69, 9.17) is 22.9 Å². The molecule has 0 spiro atoms. The number of aliphatic imine (C=N–C) groups is 1. The first-order valence-electron chi connectivity index (χ1n) is 12.4. The second-order valence-electron chi connectivity index (χ2n) is 9.09. The van der Waals surface area contributed by atoms with E-state index < -0.39 is 72.1 Å². The van der Waals surface area contributed by atoms with Crippen molar-refractivity contribution in [2.24, 2.45) is 27.9 Å². The molecule has 1 saturated heterocycles. The van der Waals surface area contributed by atoms with E-state index in [0.717, 1.165) is 0 Å². The summed E-state index contributed by atoms with van der Waals surface area (Å²) in [4.78, 5) is 78.6. The Labute approximate surface area is 220 Å². The minimum absolute atomic E-state index is 0.104. The molecule has 1 aliphatic heterocycles. The Morgan fingerprint density at radius 2 is 1.47 bits per heavy atom. The number of guanidine groups is 1. The molecule has 16 nitrogen and oxygen atoms in total. The van der Waals surface area contributed by atoms with Gasteiger partial charge in [0.05, 0.1) is 12.5 Å². The van der Waals surface area contributed by atoms with Crippen molar-refractivity contribution in [2.45, 2.75) is 82.6 Å². The molecule has 1 aliphatic rings. The van der Waals surface area contributed by atoms with Gasteiger partial charge in [-0.3, -0.25) is 33.8 Å². The Morgan fingerprint density at radius 3 is 2.08 bits per heavy atom. The number of amides is 6. The molecule has 0 radical (unpaired) electrons. The number of hydrogen-bond acceptors (Lipinski definition) is 8. The minimum Gasteiger partial charge on any atom is -0.370 e. The van der Waals surface area contributed by atoms with Crippen molar-refractivity contribution < 1.29 is 28.8 Å². The maximum Gasteiger partial charge on any atom is 0.243 e. The predicted octanol–water partition coefficient (Wildman–Crippen LogP) is -4.48. The summed E-state index contributed by atoms with van der Waals surface area (Å²) in [6.07, 6.45) is 1.31. The molecule has 38 heavy (non-hydrogen) atoms. The van der Waals surface area contributed by atoms with Gasteiger partial charge in [-0.05, 0) is 46.0 Å². The first-order valence-corrected chi connectivity index (χ1v) is 12.4. The van der Waals surface area contributed by atoms with Crippen molar-refractivity contribution >= 4 is 41.4 Å². The number of primary amides is 1. The summed E-state index contributed by atoms with van der Waals surface area (Å²) >= 11 is 0. The maximum atomic E-state index is 13.0. The second-order valence-corrected chi connectivity index (χ2v) is 9.09. The van der Waals surface area contributed by atoms with Crippen LogP contribution in [0.15, 0.2) is 4.99 Å². The summed E-state index contributed by atoms with van der Waals surface area (Å²) in [6, 6.07) is -5.46. The van der Waals surface area contributed by atoms with Crippen molar-refractivity contribution in [3.63, 3.8) is 0 Å². The van der Waals surface area contributed by atoms with Crippen LogP contribution in [-0.2, 0) is 28.8 Å². The van der Waals surface area contributed by atoms with Gasteiger partial charge in [0.2, 0.25) is 35.4 Å². The lowest BCUT2D eigenvalue weighted by atomic mass is 10.1. The molecular weight excluding hydrogens is 500 g/mol. The molecular formula is C22H40N10O6. The smallest absolute Gasteiger partial charge is 0.243 e. The van der Waals surface area contributed by atoms with E-state index in [1.165, 1.54) is 13.8 Å². The van der Waals surface area contributed by atoms with Crippen LogP contribution in [-0.4, -0.2) is 84.7 Å². The van der Waals surface area contributed by atoms with Gasteiger partial charge in [0.15, 0.2) is 5.96 Å². The Kier molecular flexibility index (Phi) is 13.5. The number of carbonyl (C=O) groups is 6.